The standard InChI is InChI=1S/C25H19ClFN5O.C2HF3O/c26-21-14-28-25-30-19-6-1-3-15(11-19)7-8-16-13-20(29-23(21)32-25)9-10-22(16)31-24(33)17-4-2-5-18(27)12-17;3-2(4,5)1-6/h1-6,9-14H,7-8H2,(H,31,33)(H2,28,29,30,32);1H. The molecule has 0 unspecified atom stereocenters. The van der Waals surface area contributed by atoms with Crippen LogP contribution in [0.25, 0.3) is 0 Å². The number of nitrogens with one attached hydrogen (secondary N) is 3. The summed E-state index contributed by atoms with van der Waals surface area (Å²) in [6.07, 6.45) is -2.74. The predicted molar refractivity (Wildman–Crippen MR) is 140 cm³/mol. The van der Waals surface area contributed by atoms with Crippen molar-refractivity contribution in [2.24, 2.45) is 0 Å². The molecule has 0 fully saturated rings. The second kappa shape index (κ2) is 11.9. The van der Waals surface area contributed by atoms with Gasteiger partial charge in [0.25, 0.3) is 5.91 Å². The van der Waals surface area contributed by atoms with Crippen molar-refractivity contribution in [3.8, 4) is 0 Å². The Morgan fingerprint density at radius 1 is 0.974 bits per heavy atom. The molecule has 39 heavy (non-hydrogen) atoms. The molecule has 0 radical (unpaired) electrons. The lowest BCUT2D eigenvalue weighted by Gasteiger charge is -2.15. The first-order valence-electron chi connectivity index (χ1n) is 11.5. The Morgan fingerprint density at radius 3 is 2.46 bits per heavy atom. The summed E-state index contributed by atoms with van der Waals surface area (Å²) < 4.78 is 44.8. The van der Waals surface area contributed by atoms with Crippen molar-refractivity contribution in [2.75, 3.05) is 16.0 Å². The third-order valence-corrected chi connectivity index (χ3v) is 5.72. The van der Waals surface area contributed by atoms with E-state index in [2.05, 4.69) is 25.9 Å². The minimum absolute atomic E-state index is 0.258. The van der Waals surface area contributed by atoms with Crippen molar-refractivity contribution in [2.45, 2.75) is 19.0 Å². The van der Waals surface area contributed by atoms with Crippen molar-refractivity contribution in [3.63, 3.8) is 0 Å². The fourth-order valence-electron chi connectivity index (χ4n) is 3.69. The van der Waals surface area contributed by atoms with E-state index in [-0.39, 0.29) is 11.5 Å². The van der Waals surface area contributed by atoms with E-state index < -0.39 is 18.3 Å². The average Bonchev–Trinajstić information content (AvgIpc) is 2.91. The van der Waals surface area contributed by atoms with Gasteiger partial charge in [0.15, 0.2) is 5.82 Å². The van der Waals surface area contributed by atoms with Gasteiger partial charge in [-0.2, -0.15) is 18.2 Å². The highest BCUT2D eigenvalue weighted by molar-refractivity contribution is 6.32. The third kappa shape index (κ3) is 7.74. The first-order valence-corrected chi connectivity index (χ1v) is 11.9. The summed E-state index contributed by atoms with van der Waals surface area (Å²) in [5.74, 6) is 0.0659. The smallest absolute Gasteiger partial charge is 0.339 e. The number of amides is 1. The number of aryl methyl sites for hydroxylation is 2. The fourth-order valence-corrected chi connectivity index (χ4v) is 3.83. The Bertz CT molecular complexity index is 1510. The topological polar surface area (TPSA) is 96.0 Å². The zero-order chi connectivity index (χ0) is 28.0. The van der Waals surface area contributed by atoms with Crippen LogP contribution in [0.2, 0.25) is 5.02 Å². The molecule has 5 rings (SSSR count). The predicted octanol–water partition coefficient (Wildman–Crippen LogP) is 6.85. The van der Waals surface area contributed by atoms with Crippen molar-refractivity contribution in [1.82, 2.24) is 9.97 Å². The van der Waals surface area contributed by atoms with E-state index in [1.807, 2.05) is 42.5 Å². The summed E-state index contributed by atoms with van der Waals surface area (Å²) in [7, 11) is 0. The van der Waals surface area contributed by atoms with Crippen LogP contribution in [0.5, 0.6) is 0 Å². The molecule has 200 valence electrons. The molecule has 1 aromatic heterocycles. The van der Waals surface area contributed by atoms with Gasteiger partial charge in [-0.25, -0.2) is 9.37 Å². The number of rotatable bonds is 2. The number of alkyl halides is 3. The van der Waals surface area contributed by atoms with Crippen LogP contribution in [0.3, 0.4) is 0 Å². The number of hydrogen-bond donors (Lipinski definition) is 3. The molecule has 6 bridgehead atoms. The maximum absolute atomic E-state index is 13.6. The molecule has 0 saturated heterocycles. The number of halogens is 5. The first-order chi connectivity index (χ1) is 18.6. The zero-order valence-electron chi connectivity index (χ0n) is 20.0. The second-order valence-corrected chi connectivity index (χ2v) is 8.74. The number of fused-ring (bicyclic) bond motifs is 6. The highest BCUT2D eigenvalue weighted by Crippen LogP contribution is 2.29. The largest absolute Gasteiger partial charge is 0.446 e. The lowest BCUT2D eigenvalue weighted by atomic mass is 10.0. The number of anilines is 5. The van der Waals surface area contributed by atoms with Gasteiger partial charge < -0.3 is 16.0 Å². The molecule has 0 aliphatic carbocycles. The van der Waals surface area contributed by atoms with Gasteiger partial charge in [0.1, 0.15) is 10.8 Å². The fraction of sp³-hybridized carbons (Fsp3) is 0.111. The van der Waals surface area contributed by atoms with E-state index in [0.29, 0.717) is 28.9 Å². The molecule has 7 nitrogen and oxygen atoms in total. The average molecular weight is 558 g/mol. The maximum Gasteiger partial charge on any atom is 0.446 e. The van der Waals surface area contributed by atoms with Crippen molar-refractivity contribution in [3.05, 3.63) is 100 Å². The van der Waals surface area contributed by atoms with E-state index in [9.17, 15) is 22.4 Å². The van der Waals surface area contributed by atoms with Crippen molar-refractivity contribution >= 4 is 52.6 Å². The molecule has 1 aliphatic heterocycles. The Hall–Kier alpha value is -4.51. The van der Waals surface area contributed by atoms with Gasteiger partial charge in [-0.3, -0.25) is 9.59 Å². The van der Waals surface area contributed by atoms with Gasteiger partial charge >= 0.3 is 6.18 Å². The summed E-state index contributed by atoms with van der Waals surface area (Å²) in [6, 6.07) is 19.2. The molecule has 0 atom stereocenters. The molecule has 2 heterocycles. The minimum Gasteiger partial charge on any atom is -0.339 e. The molecule has 3 N–H and O–H groups in total. The number of nitrogens with zero attached hydrogens (tertiary/aromatic N) is 2. The Morgan fingerprint density at radius 2 is 1.72 bits per heavy atom. The monoisotopic (exact) mass is 557 g/mol. The van der Waals surface area contributed by atoms with Gasteiger partial charge in [-0.1, -0.05) is 29.8 Å². The first kappa shape index (κ1) is 27.5. The third-order valence-electron chi connectivity index (χ3n) is 5.45. The van der Waals surface area contributed by atoms with E-state index in [4.69, 9.17) is 16.4 Å². The zero-order valence-corrected chi connectivity index (χ0v) is 20.8. The molecule has 0 saturated carbocycles. The summed E-state index contributed by atoms with van der Waals surface area (Å²) in [5.41, 5.74) is 4.60. The van der Waals surface area contributed by atoms with Crippen LogP contribution in [-0.4, -0.2) is 28.3 Å². The van der Waals surface area contributed by atoms with Crippen molar-refractivity contribution < 1.29 is 27.2 Å². The van der Waals surface area contributed by atoms with Crippen LogP contribution in [-0.2, 0) is 17.6 Å². The molecule has 1 aliphatic rings. The highest BCUT2D eigenvalue weighted by Gasteiger charge is 2.25. The SMILES string of the molecule is O=C(Nc1ccc2cc1CCc1cccc(c1)Nc1ncc(Cl)c(n1)N2)c1cccc(F)c1.O=CC(F)(F)F. The second-order valence-electron chi connectivity index (χ2n) is 8.34. The number of aromatic nitrogens is 2. The van der Waals surface area contributed by atoms with E-state index in [1.165, 1.54) is 24.4 Å². The number of hydrogen-bond acceptors (Lipinski definition) is 6. The number of carbonyl (C=O) groups excluding carboxylic acids is 2. The van der Waals surface area contributed by atoms with Crippen LogP contribution in [0.15, 0.2) is 72.9 Å². The van der Waals surface area contributed by atoms with Gasteiger partial charge in [-0.15, -0.1) is 0 Å². The van der Waals surface area contributed by atoms with Gasteiger partial charge in [0.05, 0.1) is 6.20 Å². The van der Waals surface area contributed by atoms with E-state index in [1.54, 1.807) is 6.07 Å². The summed E-state index contributed by atoms with van der Waals surface area (Å²) in [4.78, 5) is 30.2. The molecular weight excluding hydrogens is 538 g/mol. The molecule has 3 aromatic carbocycles. The summed E-state index contributed by atoms with van der Waals surface area (Å²) >= 11 is 6.31. The Balaban J connectivity index is 0.000000531. The number of benzene rings is 3. The van der Waals surface area contributed by atoms with E-state index in [0.717, 1.165) is 28.9 Å². The van der Waals surface area contributed by atoms with Crippen LogP contribution >= 0.6 is 11.6 Å². The normalized spacial score (nSPS) is 12.1. The number of carbonyl (C=O) groups is 2. The number of aldehydes is 1. The molecule has 1 amide bonds. The molecule has 4 aromatic rings. The van der Waals surface area contributed by atoms with Gasteiger partial charge in [0.2, 0.25) is 12.2 Å². The Kier molecular flexibility index (Phi) is 8.40. The molecular formula is C27H20ClF4N5O2. The quantitative estimate of drug-likeness (QED) is 0.184. The lowest BCUT2D eigenvalue weighted by Crippen LogP contribution is -2.14. The molecule has 12 heteroatoms. The van der Waals surface area contributed by atoms with E-state index >= 15 is 0 Å². The van der Waals surface area contributed by atoms with Gasteiger partial charge in [-0.05, 0) is 72.5 Å². The maximum atomic E-state index is 13.6. The van der Waals surface area contributed by atoms with Gasteiger partial charge in [0, 0.05) is 22.6 Å². The van der Waals surface area contributed by atoms with Crippen LogP contribution in [0.1, 0.15) is 21.5 Å². The van der Waals surface area contributed by atoms with Crippen LogP contribution < -0.4 is 16.0 Å². The highest BCUT2D eigenvalue weighted by atomic mass is 35.5. The summed E-state index contributed by atoms with van der Waals surface area (Å²) in [5, 5.41) is 9.74. The summed E-state index contributed by atoms with van der Waals surface area (Å²) in [6.45, 7) is 0. The van der Waals surface area contributed by atoms with Crippen molar-refractivity contribution in [1.29, 1.82) is 0 Å². The Labute approximate surface area is 225 Å². The molecule has 0 spiro atoms. The van der Waals surface area contributed by atoms with Crippen LogP contribution in [0, 0.1) is 5.82 Å². The minimum atomic E-state index is -4.64. The lowest BCUT2D eigenvalue weighted by molar-refractivity contribution is -0.156. The van der Waals surface area contributed by atoms with Crippen LogP contribution in [0.4, 0.5) is 46.4 Å².